The second-order valence-electron chi connectivity index (χ2n) is 7.32. The van der Waals surface area contributed by atoms with E-state index < -0.39 is 5.41 Å². The summed E-state index contributed by atoms with van der Waals surface area (Å²) in [6.07, 6.45) is 4.78. The predicted molar refractivity (Wildman–Crippen MR) is 83.4 cm³/mol. The maximum atomic E-state index is 12.6. The van der Waals surface area contributed by atoms with Crippen molar-refractivity contribution in [2.75, 3.05) is 0 Å². The first-order valence-electron chi connectivity index (χ1n) is 7.96. The number of likely N-dealkylation sites (tertiary alicyclic amines) is 1. The van der Waals surface area contributed by atoms with E-state index in [1.807, 2.05) is 25.7 Å². The van der Waals surface area contributed by atoms with Gasteiger partial charge in [-0.1, -0.05) is 26.0 Å². The SMILES string of the molecule is C[C@H]1CCC[C@H](C)N1C(=O)c1cn(CC(=O)C(C)(C)C)nn1. The van der Waals surface area contributed by atoms with Gasteiger partial charge in [0, 0.05) is 17.5 Å². The molecule has 0 bridgehead atoms. The molecule has 122 valence electrons. The van der Waals surface area contributed by atoms with E-state index in [2.05, 4.69) is 24.2 Å². The van der Waals surface area contributed by atoms with E-state index in [1.54, 1.807) is 6.20 Å². The van der Waals surface area contributed by atoms with Gasteiger partial charge in [0.15, 0.2) is 11.5 Å². The van der Waals surface area contributed by atoms with E-state index in [9.17, 15) is 9.59 Å². The highest BCUT2D eigenvalue weighted by molar-refractivity contribution is 5.92. The fraction of sp³-hybridized carbons (Fsp3) is 0.750. The van der Waals surface area contributed by atoms with Crippen molar-refractivity contribution in [1.82, 2.24) is 19.9 Å². The fourth-order valence-electron chi connectivity index (χ4n) is 2.81. The maximum Gasteiger partial charge on any atom is 0.276 e. The molecule has 0 radical (unpaired) electrons. The topological polar surface area (TPSA) is 68.1 Å². The van der Waals surface area contributed by atoms with Crippen LogP contribution in [0.5, 0.6) is 0 Å². The van der Waals surface area contributed by atoms with Gasteiger partial charge in [-0.05, 0) is 33.1 Å². The van der Waals surface area contributed by atoms with Crippen LogP contribution < -0.4 is 0 Å². The highest BCUT2D eigenvalue weighted by Gasteiger charge is 2.31. The standard InChI is InChI=1S/C16H26N4O2/c1-11-7-6-8-12(2)20(11)15(22)13-9-19(18-17-13)10-14(21)16(3,4)5/h9,11-12H,6-8,10H2,1-5H3/t11-,12-/m0/s1. The molecule has 1 aliphatic heterocycles. The lowest BCUT2D eigenvalue weighted by Crippen LogP contribution is -2.47. The Morgan fingerprint density at radius 2 is 1.82 bits per heavy atom. The molecule has 0 spiro atoms. The van der Waals surface area contributed by atoms with Crippen molar-refractivity contribution >= 4 is 11.7 Å². The van der Waals surface area contributed by atoms with Crippen LogP contribution in [-0.4, -0.2) is 43.7 Å². The summed E-state index contributed by atoms with van der Waals surface area (Å²) in [6.45, 7) is 9.90. The molecule has 1 aromatic heterocycles. The Morgan fingerprint density at radius 3 is 2.36 bits per heavy atom. The van der Waals surface area contributed by atoms with Gasteiger partial charge in [0.2, 0.25) is 0 Å². The number of hydrogen-bond acceptors (Lipinski definition) is 4. The van der Waals surface area contributed by atoms with Crippen molar-refractivity contribution < 1.29 is 9.59 Å². The maximum absolute atomic E-state index is 12.6. The van der Waals surface area contributed by atoms with Crippen LogP contribution in [-0.2, 0) is 11.3 Å². The highest BCUT2D eigenvalue weighted by Crippen LogP contribution is 2.24. The van der Waals surface area contributed by atoms with Gasteiger partial charge in [0.25, 0.3) is 5.91 Å². The molecule has 0 saturated carbocycles. The Kier molecular flexibility index (Phi) is 4.68. The number of amides is 1. The van der Waals surface area contributed by atoms with Crippen LogP contribution in [0.1, 0.15) is 64.4 Å². The van der Waals surface area contributed by atoms with Crippen molar-refractivity contribution in [3.8, 4) is 0 Å². The van der Waals surface area contributed by atoms with Crippen molar-refractivity contribution in [2.24, 2.45) is 5.41 Å². The Morgan fingerprint density at radius 1 is 1.23 bits per heavy atom. The molecule has 2 atom stereocenters. The van der Waals surface area contributed by atoms with Crippen LogP contribution in [0.25, 0.3) is 0 Å². The third-order valence-electron chi connectivity index (χ3n) is 4.33. The van der Waals surface area contributed by atoms with Crippen molar-refractivity contribution in [3.63, 3.8) is 0 Å². The Balaban J connectivity index is 2.10. The zero-order chi connectivity index (χ0) is 16.5. The number of nitrogens with zero attached hydrogens (tertiary/aromatic N) is 4. The summed E-state index contributed by atoms with van der Waals surface area (Å²) in [4.78, 5) is 26.6. The molecular weight excluding hydrogens is 280 g/mol. The van der Waals surface area contributed by atoms with Crippen LogP contribution in [0, 0.1) is 5.41 Å². The van der Waals surface area contributed by atoms with E-state index in [1.165, 1.54) is 4.68 Å². The Labute approximate surface area is 131 Å². The largest absolute Gasteiger partial charge is 0.332 e. The van der Waals surface area contributed by atoms with Crippen molar-refractivity contribution in [1.29, 1.82) is 0 Å². The smallest absolute Gasteiger partial charge is 0.276 e. The van der Waals surface area contributed by atoms with E-state index in [0.29, 0.717) is 5.69 Å². The minimum absolute atomic E-state index is 0.0658. The first kappa shape index (κ1) is 16.6. The van der Waals surface area contributed by atoms with Crippen molar-refractivity contribution in [2.45, 2.75) is 72.5 Å². The third kappa shape index (κ3) is 3.54. The lowest BCUT2D eigenvalue weighted by atomic mass is 9.91. The van der Waals surface area contributed by atoms with Gasteiger partial charge in [0.05, 0.1) is 6.20 Å². The van der Waals surface area contributed by atoms with Gasteiger partial charge in [-0.25, -0.2) is 4.68 Å². The second-order valence-corrected chi connectivity index (χ2v) is 7.32. The molecular formula is C16H26N4O2. The lowest BCUT2D eigenvalue weighted by Gasteiger charge is -2.38. The number of carbonyl (C=O) groups excluding carboxylic acids is 2. The number of hydrogen-bond donors (Lipinski definition) is 0. The van der Waals surface area contributed by atoms with Crippen LogP contribution in [0.3, 0.4) is 0 Å². The molecule has 2 heterocycles. The van der Waals surface area contributed by atoms with Gasteiger partial charge >= 0.3 is 0 Å². The molecule has 22 heavy (non-hydrogen) atoms. The van der Waals surface area contributed by atoms with Crippen LogP contribution in [0.2, 0.25) is 0 Å². The monoisotopic (exact) mass is 306 g/mol. The molecule has 1 aromatic rings. The summed E-state index contributed by atoms with van der Waals surface area (Å²) in [5.74, 6) is -0.0229. The average molecular weight is 306 g/mol. The summed E-state index contributed by atoms with van der Waals surface area (Å²) in [5.41, 5.74) is -0.103. The molecule has 1 fully saturated rings. The molecule has 2 rings (SSSR count). The van der Waals surface area contributed by atoms with Gasteiger partial charge in [-0.2, -0.15) is 0 Å². The number of Topliss-reactive ketones (excluding diaryl/α,β-unsaturated/α-hetero) is 1. The predicted octanol–water partition coefficient (Wildman–Crippen LogP) is 2.30. The van der Waals surface area contributed by atoms with Gasteiger partial charge in [-0.15, -0.1) is 5.10 Å². The summed E-state index contributed by atoms with van der Waals surface area (Å²) >= 11 is 0. The minimum Gasteiger partial charge on any atom is -0.332 e. The molecule has 1 aliphatic rings. The molecule has 0 N–H and O–H groups in total. The second kappa shape index (κ2) is 6.18. The lowest BCUT2D eigenvalue weighted by molar-refractivity contribution is -0.127. The van der Waals surface area contributed by atoms with E-state index in [-0.39, 0.29) is 30.3 Å². The van der Waals surface area contributed by atoms with Gasteiger partial charge in [0.1, 0.15) is 6.54 Å². The molecule has 6 heteroatoms. The number of carbonyl (C=O) groups is 2. The minimum atomic E-state index is -0.425. The zero-order valence-corrected chi connectivity index (χ0v) is 14.2. The van der Waals surface area contributed by atoms with Crippen LogP contribution in [0.4, 0.5) is 0 Å². The van der Waals surface area contributed by atoms with Crippen LogP contribution in [0.15, 0.2) is 6.20 Å². The highest BCUT2D eigenvalue weighted by atomic mass is 16.2. The first-order chi connectivity index (χ1) is 10.2. The van der Waals surface area contributed by atoms with Crippen LogP contribution >= 0.6 is 0 Å². The van der Waals surface area contributed by atoms with Gasteiger partial charge < -0.3 is 4.90 Å². The molecule has 0 aromatic carbocycles. The molecule has 1 amide bonds. The fourth-order valence-corrected chi connectivity index (χ4v) is 2.81. The number of aromatic nitrogens is 3. The summed E-state index contributed by atoms with van der Waals surface area (Å²) in [6, 6.07) is 0.440. The Bertz CT molecular complexity index is 549. The molecule has 0 unspecified atom stereocenters. The molecule has 1 saturated heterocycles. The molecule has 0 aliphatic carbocycles. The van der Waals surface area contributed by atoms with Crippen molar-refractivity contribution in [3.05, 3.63) is 11.9 Å². The van der Waals surface area contributed by atoms with E-state index >= 15 is 0 Å². The zero-order valence-electron chi connectivity index (χ0n) is 14.2. The number of ketones is 1. The Hall–Kier alpha value is -1.72. The average Bonchev–Trinajstić information content (AvgIpc) is 2.85. The normalized spacial score (nSPS) is 22.7. The number of rotatable bonds is 3. The molecule has 6 nitrogen and oxygen atoms in total. The first-order valence-corrected chi connectivity index (χ1v) is 7.96. The van der Waals surface area contributed by atoms with Gasteiger partial charge in [-0.3, -0.25) is 9.59 Å². The quantitative estimate of drug-likeness (QED) is 0.859. The van der Waals surface area contributed by atoms with E-state index in [0.717, 1.165) is 19.3 Å². The summed E-state index contributed by atoms with van der Waals surface area (Å²) in [7, 11) is 0. The number of piperidine rings is 1. The summed E-state index contributed by atoms with van der Waals surface area (Å²) in [5, 5.41) is 7.90. The third-order valence-corrected chi connectivity index (χ3v) is 4.33. The summed E-state index contributed by atoms with van der Waals surface area (Å²) < 4.78 is 1.46. The van der Waals surface area contributed by atoms with E-state index in [4.69, 9.17) is 0 Å².